The van der Waals surface area contributed by atoms with Crippen LogP contribution in [0, 0.1) is 6.92 Å². The first kappa shape index (κ1) is 16.3. The molecule has 1 amide bonds. The van der Waals surface area contributed by atoms with Crippen LogP contribution < -0.4 is 0 Å². The van der Waals surface area contributed by atoms with E-state index in [-0.39, 0.29) is 25.4 Å². The van der Waals surface area contributed by atoms with Crippen molar-refractivity contribution >= 4 is 11.9 Å². The van der Waals surface area contributed by atoms with Gasteiger partial charge in [-0.1, -0.05) is 0 Å². The van der Waals surface area contributed by atoms with Gasteiger partial charge in [0, 0.05) is 6.54 Å². The zero-order chi connectivity index (χ0) is 17.1. The molecule has 0 aromatic carbocycles. The molecule has 8 heteroatoms. The first-order chi connectivity index (χ1) is 11.5. The number of carboxylic acids is 1. The van der Waals surface area contributed by atoms with E-state index in [9.17, 15) is 9.59 Å². The summed E-state index contributed by atoms with van der Waals surface area (Å²) in [6, 6.07) is 2.99. The molecule has 0 spiro atoms. The van der Waals surface area contributed by atoms with Gasteiger partial charge in [0.05, 0.1) is 44.1 Å². The number of ether oxygens (including phenoxy) is 1. The van der Waals surface area contributed by atoms with Crippen molar-refractivity contribution in [2.45, 2.75) is 25.8 Å². The van der Waals surface area contributed by atoms with E-state index in [1.807, 2.05) is 0 Å². The van der Waals surface area contributed by atoms with Crippen molar-refractivity contribution in [3.05, 3.63) is 29.9 Å². The second-order valence-electron chi connectivity index (χ2n) is 5.59. The molecule has 2 aromatic rings. The van der Waals surface area contributed by atoms with E-state index >= 15 is 0 Å². The van der Waals surface area contributed by atoms with Crippen molar-refractivity contribution in [2.24, 2.45) is 0 Å². The van der Waals surface area contributed by atoms with Gasteiger partial charge in [-0.25, -0.2) is 4.98 Å². The Bertz CT molecular complexity index is 721. The maximum Gasteiger partial charge on any atom is 0.305 e. The van der Waals surface area contributed by atoms with Crippen LogP contribution in [0.4, 0.5) is 0 Å². The summed E-state index contributed by atoms with van der Waals surface area (Å²) in [5, 5.41) is 8.98. The molecule has 0 radical (unpaired) electrons. The van der Waals surface area contributed by atoms with Gasteiger partial charge in [-0.2, -0.15) is 0 Å². The number of hydrogen-bond acceptors (Lipinski definition) is 6. The molecule has 1 aliphatic heterocycles. The van der Waals surface area contributed by atoms with Crippen LogP contribution in [0.1, 0.15) is 17.9 Å². The number of aromatic nitrogens is 1. The summed E-state index contributed by atoms with van der Waals surface area (Å²) in [5.41, 5.74) is 0.520. The minimum Gasteiger partial charge on any atom is -0.481 e. The number of amides is 1. The third kappa shape index (κ3) is 3.48. The van der Waals surface area contributed by atoms with Gasteiger partial charge in [-0.05, 0) is 19.1 Å². The van der Waals surface area contributed by atoms with Crippen LogP contribution in [0.25, 0.3) is 11.7 Å². The normalized spacial score (nSPS) is 17.9. The highest BCUT2D eigenvalue weighted by Crippen LogP contribution is 2.23. The Hall–Kier alpha value is -2.61. The summed E-state index contributed by atoms with van der Waals surface area (Å²) < 4.78 is 16.1. The van der Waals surface area contributed by atoms with E-state index < -0.39 is 12.0 Å². The molecule has 24 heavy (non-hydrogen) atoms. The number of nitrogens with zero attached hydrogens (tertiary/aromatic N) is 2. The Morgan fingerprint density at radius 2 is 2.29 bits per heavy atom. The molecule has 1 saturated heterocycles. The van der Waals surface area contributed by atoms with Gasteiger partial charge in [0.2, 0.25) is 5.91 Å². The number of rotatable bonds is 5. The maximum absolute atomic E-state index is 12.6. The van der Waals surface area contributed by atoms with Crippen LogP contribution in [-0.2, 0) is 20.7 Å². The fourth-order valence-corrected chi connectivity index (χ4v) is 2.70. The molecule has 1 unspecified atom stereocenters. The third-order valence-electron chi connectivity index (χ3n) is 3.90. The van der Waals surface area contributed by atoms with E-state index in [1.165, 1.54) is 6.26 Å². The quantitative estimate of drug-likeness (QED) is 0.883. The molecular formula is C16H18N2O6. The lowest BCUT2D eigenvalue weighted by molar-refractivity contribution is -0.145. The highest BCUT2D eigenvalue weighted by Gasteiger charge is 2.30. The van der Waals surface area contributed by atoms with Crippen LogP contribution in [-0.4, -0.2) is 52.7 Å². The lowest BCUT2D eigenvalue weighted by atomic mass is 10.1. The highest BCUT2D eigenvalue weighted by atomic mass is 16.5. The van der Waals surface area contributed by atoms with Crippen molar-refractivity contribution in [3.63, 3.8) is 0 Å². The number of oxazole rings is 1. The van der Waals surface area contributed by atoms with Gasteiger partial charge < -0.3 is 23.6 Å². The molecule has 1 atom stereocenters. The van der Waals surface area contributed by atoms with Gasteiger partial charge in [0.25, 0.3) is 5.89 Å². The molecule has 0 aliphatic carbocycles. The van der Waals surface area contributed by atoms with Crippen molar-refractivity contribution in [2.75, 3.05) is 19.8 Å². The summed E-state index contributed by atoms with van der Waals surface area (Å²) in [6.45, 7) is 2.74. The fraction of sp³-hybridized carbons (Fsp3) is 0.438. The van der Waals surface area contributed by atoms with Gasteiger partial charge >= 0.3 is 5.97 Å². The van der Waals surface area contributed by atoms with Gasteiger partial charge in [-0.3, -0.25) is 9.59 Å². The van der Waals surface area contributed by atoms with Crippen molar-refractivity contribution < 1.29 is 28.3 Å². The van der Waals surface area contributed by atoms with Crippen LogP contribution >= 0.6 is 0 Å². The average molecular weight is 334 g/mol. The SMILES string of the molecule is Cc1oc(-c2ccco2)nc1CC(=O)N1CCOCC1CC(=O)O. The predicted molar refractivity (Wildman–Crippen MR) is 81.2 cm³/mol. The zero-order valence-electron chi connectivity index (χ0n) is 13.2. The molecule has 2 aromatic heterocycles. The Balaban J connectivity index is 1.73. The Morgan fingerprint density at radius 1 is 1.46 bits per heavy atom. The van der Waals surface area contributed by atoms with E-state index in [0.29, 0.717) is 36.3 Å². The number of carbonyl (C=O) groups is 2. The van der Waals surface area contributed by atoms with E-state index in [1.54, 1.807) is 24.0 Å². The summed E-state index contributed by atoms with van der Waals surface area (Å²) in [4.78, 5) is 29.4. The molecule has 0 bridgehead atoms. The van der Waals surface area contributed by atoms with Crippen LogP contribution in [0.2, 0.25) is 0 Å². The number of carboxylic acid groups (broad SMARTS) is 1. The minimum atomic E-state index is -0.957. The molecular weight excluding hydrogens is 316 g/mol. The number of carbonyl (C=O) groups excluding carboxylic acids is 1. The Morgan fingerprint density at radius 3 is 3.00 bits per heavy atom. The molecule has 0 saturated carbocycles. The van der Waals surface area contributed by atoms with E-state index in [2.05, 4.69) is 4.98 Å². The number of hydrogen-bond donors (Lipinski definition) is 1. The van der Waals surface area contributed by atoms with Crippen LogP contribution in [0.5, 0.6) is 0 Å². The molecule has 3 rings (SSSR count). The van der Waals surface area contributed by atoms with Crippen LogP contribution in [0.15, 0.2) is 27.2 Å². The minimum absolute atomic E-state index is 0.0478. The lowest BCUT2D eigenvalue weighted by Crippen LogP contribution is -2.50. The standard InChI is InChI=1S/C16H18N2O6/c1-10-12(17-16(24-10)13-3-2-5-23-13)8-14(19)18-4-6-22-9-11(18)7-15(20)21/h2-3,5,11H,4,6-9H2,1H3,(H,20,21). The Labute approximate surface area is 138 Å². The van der Waals surface area contributed by atoms with Crippen LogP contribution in [0.3, 0.4) is 0 Å². The molecule has 3 heterocycles. The summed E-state index contributed by atoms with van der Waals surface area (Å²) in [7, 11) is 0. The van der Waals surface area contributed by atoms with Gasteiger partial charge in [0.1, 0.15) is 5.76 Å². The molecule has 1 N–H and O–H groups in total. The smallest absolute Gasteiger partial charge is 0.305 e. The van der Waals surface area contributed by atoms with Crippen molar-refractivity contribution in [1.82, 2.24) is 9.88 Å². The summed E-state index contributed by atoms with van der Waals surface area (Å²) in [5.74, 6) is 0.210. The molecule has 128 valence electrons. The highest BCUT2D eigenvalue weighted by molar-refractivity contribution is 5.80. The topological polar surface area (TPSA) is 106 Å². The summed E-state index contributed by atoms with van der Waals surface area (Å²) >= 11 is 0. The third-order valence-corrected chi connectivity index (χ3v) is 3.90. The number of furan rings is 1. The Kier molecular flexibility index (Phi) is 4.66. The van der Waals surface area contributed by atoms with E-state index in [0.717, 1.165) is 0 Å². The van der Waals surface area contributed by atoms with Crippen molar-refractivity contribution in [3.8, 4) is 11.7 Å². The lowest BCUT2D eigenvalue weighted by Gasteiger charge is -2.34. The number of aliphatic carboxylic acids is 1. The largest absolute Gasteiger partial charge is 0.481 e. The molecule has 1 aliphatic rings. The maximum atomic E-state index is 12.6. The number of morpholine rings is 1. The average Bonchev–Trinajstić information content (AvgIpc) is 3.17. The second-order valence-corrected chi connectivity index (χ2v) is 5.59. The summed E-state index contributed by atoms with van der Waals surface area (Å²) in [6.07, 6.45) is 1.43. The van der Waals surface area contributed by atoms with Gasteiger partial charge in [-0.15, -0.1) is 0 Å². The number of aryl methyl sites for hydroxylation is 1. The monoisotopic (exact) mass is 334 g/mol. The molecule has 1 fully saturated rings. The predicted octanol–water partition coefficient (Wildman–Crippen LogP) is 1.49. The van der Waals surface area contributed by atoms with E-state index in [4.69, 9.17) is 18.7 Å². The fourth-order valence-electron chi connectivity index (χ4n) is 2.70. The van der Waals surface area contributed by atoms with Gasteiger partial charge in [0.15, 0.2) is 5.76 Å². The second kappa shape index (κ2) is 6.88. The first-order valence-electron chi connectivity index (χ1n) is 7.64. The molecule has 8 nitrogen and oxygen atoms in total. The van der Waals surface area contributed by atoms with Crippen molar-refractivity contribution in [1.29, 1.82) is 0 Å². The first-order valence-corrected chi connectivity index (χ1v) is 7.64. The zero-order valence-corrected chi connectivity index (χ0v) is 13.2.